The maximum atomic E-state index is 13.0. The van der Waals surface area contributed by atoms with E-state index in [0.29, 0.717) is 23.4 Å². The molecule has 0 unspecified atom stereocenters. The minimum absolute atomic E-state index is 0.0321. The number of carbonyl (C=O) groups excluding carboxylic acids is 1. The van der Waals surface area contributed by atoms with Crippen LogP contribution in [0.25, 0.3) is 0 Å². The first-order chi connectivity index (χ1) is 16.7. The Morgan fingerprint density at radius 1 is 0.943 bits per heavy atom. The van der Waals surface area contributed by atoms with Gasteiger partial charge in [-0.15, -0.1) is 0 Å². The number of nitrogens with zero attached hydrogens (tertiary/aromatic N) is 1. The van der Waals surface area contributed by atoms with Gasteiger partial charge in [-0.25, -0.2) is 0 Å². The molecule has 0 bridgehead atoms. The molecule has 0 spiro atoms. The lowest BCUT2D eigenvalue weighted by molar-refractivity contribution is -0.0605. The van der Waals surface area contributed by atoms with Gasteiger partial charge in [0.2, 0.25) is 0 Å². The number of benzene rings is 3. The summed E-state index contributed by atoms with van der Waals surface area (Å²) in [7, 11) is 0. The van der Waals surface area contributed by atoms with E-state index < -0.39 is 18.3 Å². The topological polar surface area (TPSA) is 65.3 Å². The Labute approximate surface area is 211 Å². The number of aliphatic imine (C=N–C) groups is 1. The summed E-state index contributed by atoms with van der Waals surface area (Å²) in [6, 6.07) is 22.7. The van der Waals surface area contributed by atoms with Crippen molar-refractivity contribution in [1.82, 2.24) is 5.32 Å². The third kappa shape index (κ3) is 8.26. The third-order valence-electron chi connectivity index (χ3n) is 4.92. The standard InChI is InChI=1S/C26H23ClF3N3OS/c27-21-8-4-5-9-22(21)33-23(16-24(31)26(28,29)30)19-10-12-20(13-11-19)25(34)32-14-15-35-17-18-6-2-1-3-7-18/h1-13,31H,14-17H2,(H,32,34). The number of carbonyl (C=O) groups is 1. The fraction of sp³-hybridized carbons (Fsp3) is 0.192. The molecule has 182 valence electrons. The smallest absolute Gasteiger partial charge is 0.351 e. The minimum Gasteiger partial charge on any atom is -0.351 e. The molecule has 0 radical (unpaired) electrons. The Hall–Kier alpha value is -3.10. The van der Waals surface area contributed by atoms with Crippen molar-refractivity contribution in [2.45, 2.75) is 18.3 Å². The van der Waals surface area contributed by atoms with Gasteiger partial charge >= 0.3 is 6.18 Å². The van der Waals surface area contributed by atoms with Gasteiger partial charge in [0.05, 0.1) is 16.4 Å². The maximum Gasteiger partial charge on any atom is 0.429 e. The van der Waals surface area contributed by atoms with Crippen molar-refractivity contribution in [2.75, 3.05) is 12.3 Å². The lowest BCUT2D eigenvalue weighted by Crippen LogP contribution is -2.26. The summed E-state index contributed by atoms with van der Waals surface area (Å²) in [4.78, 5) is 16.7. The van der Waals surface area contributed by atoms with Crippen molar-refractivity contribution < 1.29 is 18.0 Å². The highest BCUT2D eigenvalue weighted by Crippen LogP contribution is 2.27. The second kappa shape index (κ2) is 12.6. The molecule has 35 heavy (non-hydrogen) atoms. The number of nitrogens with one attached hydrogen (secondary N) is 2. The zero-order valence-corrected chi connectivity index (χ0v) is 20.2. The van der Waals surface area contributed by atoms with E-state index in [4.69, 9.17) is 17.0 Å². The summed E-state index contributed by atoms with van der Waals surface area (Å²) in [5.41, 5.74) is 0.878. The average Bonchev–Trinajstić information content (AvgIpc) is 2.84. The molecule has 0 atom stereocenters. The van der Waals surface area contributed by atoms with Gasteiger partial charge in [0, 0.05) is 30.0 Å². The van der Waals surface area contributed by atoms with Gasteiger partial charge in [0.1, 0.15) is 5.71 Å². The predicted octanol–water partition coefficient (Wildman–Crippen LogP) is 7.10. The third-order valence-corrected chi connectivity index (χ3v) is 6.27. The Bertz CT molecular complexity index is 1180. The number of thioether (sulfide) groups is 1. The highest BCUT2D eigenvalue weighted by Gasteiger charge is 2.35. The second-order valence-corrected chi connectivity index (χ2v) is 9.05. The monoisotopic (exact) mass is 517 g/mol. The first kappa shape index (κ1) is 26.5. The fourth-order valence-electron chi connectivity index (χ4n) is 3.08. The second-order valence-electron chi connectivity index (χ2n) is 7.53. The van der Waals surface area contributed by atoms with Crippen molar-refractivity contribution in [2.24, 2.45) is 4.99 Å². The van der Waals surface area contributed by atoms with Gasteiger partial charge in [0.15, 0.2) is 0 Å². The van der Waals surface area contributed by atoms with Crippen LogP contribution in [0.1, 0.15) is 27.9 Å². The number of rotatable bonds is 10. The summed E-state index contributed by atoms with van der Waals surface area (Å²) in [5, 5.41) is 10.5. The van der Waals surface area contributed by atoms with E-state index in [1.54, 1.807) is 36.0 Å². The van der Waals surface area contributed by atoms with Gasteiger partial charge in [-0.3, -0.25) is 9.79 Å². The molecule has 0 aliphatic rings. The normalized spacial score (nSPS) is 11.8. The molecule has 0 fully saturated rings. The molecular weight excluding hydrogens is 495 g/mol. The number of amides is 1. The maximum absolute atomic E-state index is 13.0. The Kier molecular flexibility index (Phi) is 9.51. The van der Waals surface area contributed by atoms with Gasteiger partial charge in [-0.05, 0) is 35.4 Å². The molecule has 9 heteroatoms. The van der Waals surface area contributed by atoms with Crippen LogP contribution in [-0.2, 0) is 5.75 Å². The molecule has 3 rings (SSSR count). The summed E-state index contributed by atoms with van der Waals surface area (Å²) in [5.74, 6) is 1.32. The van der Waals surface area contributed by atoms with E-state index in [2.05, 4.69) is 10.3 Å². The molecule has 0 saturated heterocycles. The van der Waals surface area contributed by atoms with Crippen LogP contribution in [0.15, 0.2) is 83.9 Å². The van der Waals surface area contributed by atoms with Crippen LogP contribution in [0.3, 0.4) is 0 Å². The van der Waals surface area contributed by atoms with Crippen LogP contribution in [0.2, 0.25) is 5.02 Å². The van der Waals surface area contributed by atoms with E-state index >= 15 is 0 Å². The molecule has 2 N–H and O–H groups in total. The van der Waals surface area contributed by atoms with E-state index in [0.717, 1.165) is 11.5 Å². The van der Waals surface area contributed by atoms with Crippen molar-refractivity contribution in [1.29, 1.82) is 5.41 Å². The largest absolute Gasteiger partial charge is 0.429 e. The molecule has 0 aromatic heterocycles. The van der Waals surface area contributed by atoms with Gasteiger partial charge < -0.3 is 10.7 Å². The summed E-state index contributed by atoms with van der Waals surface area (Å²) < 4.78 is 39.1. The van der Waals surface area contributed by atoms with Crippen LogP contribution in [0.5, 0.6) is 0 Å². The van der Waals surface area contributed by atoms with Crippen molar-refractivity contribution in [3.63, 3.8) is 0 Å². The lowest BCUT2D eigenvalue weighted by atomic mass is 10.0. The summed E-state index contributed by atoms with van der Waals surface area (Å²) in [6.45, 7) is 0.486. The van der Waals surface area contributed by atoms with E-state index in [-0.39, 0.29) is 16.6 Å². The van der Waals surface area contributed by atoms with E-state index in [1.807, 2.05) is 30.3 Å². The predicted molar refractivity (Wildman–Crippen MR) is 137 cm³/mol. The van der Waals surface area contributed by atoms with Gasteiger partial charge in [-0.2, -0.15) is 24.9 Å². The molecule has 4 nitrogen and oxygen atoms in total. The van der Waals surface area contributed by atoms with Crippen LogP contribution in [-0.4, -0.2) is 35.8 Å². The van der Waals surface area contributed by atoms with E-state index in [1.165, 1.54) is 29.8 Å². The molecule has 1 amide bonds. The summed E-state index contributed by atoms with van der Waals surface area (Å²) >= 11 is 7.82. The van der Waals surface area contributed by atoms with Crippen LogP contribution in [0, 0.1) is 5.41 Å². The highest BCUT2D eigenvalue weighted by molar-refractivity contribution is 7.98. The molecule has 0 aliphatic carbocycles. The summed E-state index contributed by atoms with van der Waals surface area (Å²) in [6.07, 6.45) is -5.49. The first-order valence-electron chi connectivity index (χ1n) is 10.7. The zero-order valence-electron chi connectivity index (χ0n) is 18.6. The molecule has 3 aromatic carbocycles. The SMILES string of the molecule is N=C(CC(=Nc1ccccc1Cl)c1ccc(C(=O)NCCSCc2ccccc2)cc1)C(F)(F)F. The lowest BCUT2D eigenvalue weighted by Gasteiger charge is -2.12. The van der Waals surface area contributed by atoms with Crippen molar-refractivity contribution >= 4 is 46.4 Å². The Balaban J connectivity index is 1.65. The zero-order chi connectivity index (χ0) is 25.3. The van der Waals surface area contributed by atoms with Crippen molar-refractivity contribution in [3.05, 3.63) is 101 Å². The van der Waals surface area contributed by atoms with Gasteiger partial charge in [-0.1, -0.05) is 66.2 Å². The quantitative estimate of drug-likeness (QED) is 0.222. The molecule has 3 aromatic rings. The number of halogens is 4. The highest BCUT2D eigenvalue weighted by atomic mass is 35.5. The average molecular weight is 518 g/mol. The molecule has 0 heterocycles. The number of para-hydroxylation sites is 1. The van der Waals surface area contributed by atoms with E-state index in [9.17, 15) is 18.0 Å². The van der Waals surface area contributed by atoms with Crippen LogP contribution in [0.4, 0.5) is 18.9 Å². The first-order valence-corrected chi connectivity index (χ1v) is 12.2. The van der Waals surface area contributed by atoms with Crippen molar-refractivity contribution in [3.8, 4) is 0 Å². The number of hydrogen-bond acceptors (Lipinski definition) is 4. The van der Waals surface area contributed by atoms with Crippen LogP contribution >= 0.6 is 23.4 Å². The number of hydrogen-bond donors (Lipinski definition) is 2. The van der Waals surface area contributed by atoms with Crippen LogP contribution < -0.4 is 5.32 Å². The molecular formula is C26H23ClF3N3OS. The minimum atomic E-state index is -4.76. The Morgan fingerprint density at radius 3 is 2.23 bits per heavy atom. The van der Waals surface area contributed by atoms with Gasteiger partial charge in [0.25, 0.3) is 5.91 Å². The Morgan fingerprint density at radius 2 is 1.57 bits per heavy atom. The molecule has 0 saturated carbocycles. The fourth-order valence-corrected chi connectivity index (χ4v) is 4.08. The molecule has 0 aliphatic heterocycles. The number of alkyl halides is 3.